The molecule has 0 aromatic carbocycles. The van der Waals surface area contributed by atoms with Gasteiger partial charge >= 0.3 is 5.97 Å². The lowest BCUT2D eigenvalue weighted by molar-refractivity contribution is -0.144. The van der Waals surface area contributed by atoms with Crippen molar-refractivity contribution in [2.45, 2.75) is 63.5 Å². The Balaban J connectivity index is 1.95. The summed E-state index contributed by atoms with van der Waals surface area (Å²) in [4.78, 5) is 23.4. The van der Waals surface area contributed by atoms with Gasteiger partial charge in [0, 0.05) is 12.6 Å². The van der Waals surface area contributed by atoms with E-state index in [-0.39, 0.29) is 18.1 Å². The van der Waals surface area contributed by atoms with Gasteiger partial charge in [-0.05, 0) is 25.7 Å². The molecule has 2 rings (SSSR count). The molecule has 0 bridgehead atoms. The van der Waals surface area contributed by atoms with Gasteiger partial charge < -0.3 is 15.2 Å². The highest BCUT2D eigenvalue weighted by Gasteiger charge is 2.32. The average molecular weight is 269 g/mol. The van der Waals surface area contributed by atoms with Crippen LogP contribution in [0.5, 0.6) is 0 Å². The van der Waals surface area contributed by atoms with Crippen LogP contribution in [0.3, 0.4) is 0 Å². The van der Waals surface area contributed by atoms with Crippen LogP contribution in [0, 0.1) is 5.92 Å². The maximum atomic E-state index is 12.1. The zero-order valence-corrected chi connectivity index (χ0v) is 11.3. The molecule has 0 aromatic heterocycles. The Kier molecular flexibility index (Phi) is 5.19. The van der Waals surface area contributed by atoms with Crippen LogP contribution >= 0.6 is 0 Å². The topological polar surface area (TPSA) is 75.6 Å². The van der Waals surface area contributed by atoms with Gasteiger partial charge in [0.2, 0.25) is 5.91 Å². The van der Waals surface area contributed by atoms with E-state index in [1.54, 1.807) is 0 Å². The summed E-state index contributed by atoms with van der Waals surface area (Å²) < 4.78 is 5.35. The van der Waals surface area contributed by atoms with Gasteiger partial charge in [-0.1, -0.05) is 25.7 Å². The molecular formula is C14H23NO4. The van der Waals surface area contributed by atoms with Crippen molar-refractivity contribution in [2.75, 3.05) is 6.61 Å². The summed E-state index contributed by atoms with van der Waals surface area (Å²) in [5, 5.41) is 12.2. The Hall–Kier alpha value is -1.10. The second-order valence-corrected chi connectivity index (χ2v) is 5.55. The van der Waals surface area contributed by atoms with E-state index in [0.29, 0.717) is 13.0 Å². The number of amides is 1. The summed E-state index contributed by atoms with van der Waals surface area (Å²) in [6.45, 7) is 0.630. The van der Waals surface area contributed by atoms with Gasteiger partial charge in [-0.2, -0.15) is 0 Å². The van der Waals surface area contributed by atoms with E-state index in [1.165, 1.54) is 0 Å². The van der Waals surface area contributed by atoms with Crippen molar-refractivity contribution in [2.24, 2.45) is 5.92 Å². The monoisotopic (exact) mass is 269 g/mol. The van der Waals surface area contributed by atoms with Crippen LogP contribution in [0.1, 0.15) is 51.4 Å². The fraction of sp³-hybridized carbons (Fsp3) is 0.857. The Bertz CT molecular complexity index is 325. The Morgan fingerprint density at radius 2 is 1.74 bits per heavy atom. The molecule has 2 aliphatic rings. The van der Waals surface area contributed by atoms with Crippen molar-refractivity contribution in [1.29, 1.82) is 0 Å². The summed E-state index contributed by atoms with van der Waals surface area (Å²) in [5.41, 5.74) is 0. The van der Waals surface area contributed by atoms with Crippen LogP contribution in [-0.2, 0) is 14.3 Å². The fourth-order valence-corrected chi connectivity index (χ4v) is 3.01. The molecule has 3 unspecified atom stereocenters. The van der Waals surface area contributed by atoms with Gasteiger partial charge in [-0.15, -0.1) is 0 Å². The van der Waals surface area contributed by atoms with Gasteiger partial charge in [0.1, 0.15) is 6.10 Å². The zero-order chi connectivity index (χ0) is 13.7. The minimum Gasteiger partial charge on any atom is -0.481 e. The second-order valence-electron chi connectivity index (χ2n) is 5.55. The summed E-state index contributed by atoms with van der Waals surface area (Å²) in [6, 6.07) is -0.241. The lowest BCUT2D eigenvalue weighted by atomic mass is 9.86. The number of carbonyl (C=O) groups is 2. The number of carbonyl (C=O) groups excluding carboxylic acids is 1. The molecule has 1 aliphatic heterocycles. The number of carboxylic acids is 1. The van der Waals surface area contributed by atoms with Crippen LogP contribution in [0.2, 0.25) is 0 Å². The normalized spacial score (nSPS) is 32.3. The van der Waals surface area contributed by atoms with Crippen LogP contribution < -0.4 is 5.32 Å². The molecule has 1 saturated carbocycles. The zero-order valence-electron chi connectivity index (χ0n) is 11.3. The molecule has 0 spiro atoms. The first-order valence-corrected chi connectivity index (χ1v) is 7.33. The second kappa shape index (κ2) is 6.89. The first-order valence-electron chi connectivity index (χ1n) is 7.33. The number of hydrogen-bond donors (Lipinski definition) is 2. The maximum absolute atomic E-state index is 12.1. The van der Waals surface area contributed by atoms with Crippen molar-refractivity contribution in [1.82, 2.24) is 5.32 Å². The molecule has 1 aliphatic carbocycles. The van der Waals surface area contributed by atoms with E-state index in [0.717, 1.165) is 44.9 Å². The largest absolute Gasteiger partial charge is 0.481 e. The van der Waals surface area contributed by atoms with E-state index in [4.69, 9.17) is 4.74 Å². The molecule has 5 nitrogen and oxygen atoms in total. The number of aliphatic carboxylic acids is 1. The van der Waals surface area contributed by atoms with Crippen molar-refractivity contribution < 1.29 is 19.4 Å². The highest BCUT2D eigenvalue weighted by atomic mass is 16.5. The minimum atomic E-state index is -0.792. The summed E-state index contributed by atoms with van der Waals surface area (Å²) >= 11 is 0. The molecule has 19 heavy (non-hydrogen) atoms. The lowest BCUT2D eigenvalue weighted by Gasteiger charge is -2.28. The minimum absolute atomic E-state index is 0.130. The molecular weight excluding hydrogens is 246 g/mol. The van der Waals surface area contributed by atoms with Crippen molar-refractivity contribution >= 4 is 11.9 Å². The Labute approximate surface area is 113 Å². The van der Waals surface area contributed by atoms with E-state index in [1.807, 2.05) is 0 Å². The Morgan fingerprint density at radius 3 is 2.37 bits per heavy atom. The standard InChI is InChI=1S/C14H23NO4/c16-13(12-8-5-9-19-12)15-11-7-4-2-1-3-6-10(11)14(17)18/h10-12H,1-9H2,(H,15,16)(H,17,18). The molecule has 0 aromatic rings. The van der Waals surface area contributed by atoms with Crippen molar-refractivity contribution in [3.8, 4) is 0 Å². The Morgan fingerprint density at radius 1 is 1.00 bits per heavy atom. The third-order valence-electron chi connectivity index (χ3n) is 4.13. The van der Waals surface area contributed by atoms with Crippen LogP contribution in [0.15, 0.2) is 0 Å². The molecule has 1 heterocycles. The third kappa shape index (κ3) is 3.93. The maximum Gasteiger partial charge on any atom is 0.308 e. The van der Waals surface area contributed by atoms with E-state index in [9.17, 15) is 14.7 Å². The van der Waals surface area contributed by atoms with Crippen LogP contribution in [0.25, 0.3) is 0 Å². The van der Waals surface area contributed by atoms with Gasteiger partial charge in [0.05, 0.1) is 5.92 Å². The van der Waals surface area contributed by atoms with Crippen LogP contribution in [0.4, 0.5) is 0 Å². The van der Waals surface area contributed by atoms with E-state index < -0.39 is 11.9 Å². The van der Waals surface area contributed by atoms with Crippen molar-refractivity contribution in [3.05, 3.63) is 0 Å². The molecule has 2 fully saturated rings. The van der Waals surface area contributed by atoms with Gasteiger partial charge in [-0.3, -0.25) is 9.59 Å². The van der Waals surface area contributed by atoms with E-state index >= 15 is 0 Å². The molecule has 5 heteroatoms. The highest BCUT2D eigenvalue weighted by Crippen LogP contribution is 2.24. The van der Waals surface area contributed by atoms with Gasteiger partial charge in [-0.25, -0.2) is 0 Å². The molecule has 0 radical (unpaired) electrons. The summed E-state index contributed by atoms with van der Waals surface area (Å²) in [7, 11) is 0. The number of ether oxygens (including phenoxy) is 1. The summed E-state index contributed by atoms with van der Waals surface area (Å²) in [5.74, 6) is -1.38. The molecule has 1 amide bonds. The molecule has 108 valence electrons. The fourth-order valence-electron chi connectivity index (χ4n) is 3.01. The van der Waals surface area contributed by atoms with Gasteiger partial charge in [0.15, 0.2) is 0 Å². The molecule has 3 atom stereocenters. The number of rotatable bonds is 3. The number of nitrogens with one attached hydrogen (secondary N) is 1. The molecule has 2 N–H and O–H groups in total. The first kappa shape index (κ1) is 14.3. The third-order valence-corrected chi connectivity index (χ3v) is 4.13. The highest BCUT2D eigenvalue weighted by molar-refractivity contribution is 5.82. The smallest absolute Gasteiger partial charge is 0.308 e. The van der Waals surface area contributed by atoms with Crippen LogP contribution in [-0.4, -0.2) is 35.7 Å². The van der Waals surface area contributed by atoms with Gasteiger partial charge in [0.25, 0.3) is 0 Å². The average Bonchev–Trinajstić information content (AvgIpc) is 2.85. The predicted molar refractivity (Wildman–Crippen MR) is 69.7 cm³/mol. The van der Waals surface area contributed by atoms with E-state index in [2.05, 4.69) is 5.32 Å². The summed E-state index contributed by atoms with van der Waals surface area (Å²) in [6.07, 6.45) is 6.83. The molecule has 1 saturated heterocycles. The lowest BCUT2D eigenvalue weighted by Crippen LogP contribution is -2.47. The first-order chi connectivity index (χ1) is 9.18. The SMILES string of the molecule is O=C(NC1CCCCCCC1C(=O)O)C1CCCO1. The number of carboxylic acid groups (broad SMARTS) is 1. The predicted octanol–water partition coefficient (Wildman–Crippen LogP) is 1.71. The number of hydrogen-bond acceptors (Lipinski definition) is 3. The quantitative estimate of drug-likeness (QED) is 0.817. The van der Waals surface area contributed by atoms with Crippen molar-refractivity contribution in [3.63, 3.8) is 0 Å².